The number of nitrogens with zero attached hydrogens (tertiary/aromatic N) is 1. The maximum absolute atomic E-state index is 9.63. The molecule has 4 nitrogen and oxygen atoms in total. The quantitative estimate of drug-likeness (QED) is 0.683. The smallest absolute Gasteiger partial charge is 0.123 e. The molecule has 0 aliphatic carbocycles. The molecule has 4 N–H and O–H groups in total. The van der Waals surface area contributed by atoms with Gasteiger partial charge in [0.05, 0.1) is 16.8 Å². The number of halogens is 1. The summed E-state index contributed by atoms with van der Waals surface area (Å²) >= 11 is 5.70. The summed E-state index contributed by atoms with van der Waals surface area (Å²) in [6, 6.07) is 1.68. The maximum atomic E-state index is 9.63. The highest BCUT2D eigenvalue weighted by Gasteiger charge is 2.19. The van der Waals surface area contributed by atoms with E-state index in [1.54, 1.807) is 13.0 Å². The van der Waals surface area contributed by atoms with Crippen LogP contribution in [0.25, 0.3) is 0 Å². The Hall–Kier alpha value is -0.680. The van der Waals surface area contributed by atoms with Crippen LogP contribution in [-0.2, 0) is 0 Å². The van der Waals surface area contributed by atoms with Crippen LogP contribution in [0, 0.1) is 6.92 Å². The Kier molecular flexibility index (Phi) is 3.83. The summed E-state index contributed by atoms with van der Waals surface area (Å²) in [6.45, 7) is 1.76. The van der Waals surface area contributed by atoms with Crippen LogP contribution in [0.3, 0.4) is 0 Å². The number of aryl methyl sites for hydroxylation is 1. The fourth-order valence-electron chi connectivity index (χ4n) is 1.17. The predicted molar refractivity (Wildman–Crippen MR) is 54.0 cm³/mol. The largest absolute Gasteiger partial charge is 0.389 e. The van der Waals surface area contributed by atoms with Crippen molar-refractivity contribution in [2.75, 3.05) is 6.54 Å². The van der Waals surface area contributed by atoms with Crippen molar-refractivity contribution in [3.8, 4) is 0 Å². The lowest BCUT2D eigenvalue weighted by Gasteiger charge is -2.17. The highest BCUT2D eigenvalue weighted by atomic mass is 35.5. The summed E-state index contributed by atoms with van der Waals surface area (Å²) in [5.74, 6) is 0. The monoisotopic (exact) mass is 216 g/mol. The van der Waals surface area contributed by atoms with Crippen LogP contribution in [0.2, 0.25) is 5.02 Å². The average molecular weight is 217 g/mol. The SMILES string of the molecule is Cc1cc(Cl)cnc1C(O)C(O)CN. The van der Waals surface area contributed by atoms with E-state index in [0.717, 1.165) is 5.56 Å². The fraction of sp³-hybridized carbons (Fsp3) is 0.444. The summed E-state index contributed by atoms with van der Waals surface area (Å²) in [5.41, 5.74) is 6.37. The van der Waals surface area contributed by atoms with Crippen molar-refractivity contribution in [2.24, 2.45) is 5.73 Å². The van der Waals surface area contributed by atoms with Crippen molar-refractivity contribution >= 4 is 11.6 Å². The molecular weight excluding hydrogens is 204 g/mol. The molecule has 0 saturated heterocycles. The van der Waals surface area contributed by atoms with E-state index in [-0.39, 0.29) is 6.54 Å². The second-order valence-corrected chi connectivity index (χ2v) is 3.54. The van der Waals surface area contributed by atoms with Gasteiger partial charge in [-0.15, -0.1) is 0 Å². The van der Waals surface area contributed by atoms with Gasteiger partial charge >= 0.3 is 0 Å². The molecule has 2 atom stereocenters. The van der Waals surface area contributed by atoms with Gasteiger partial charge in [0.1, 0.15) is 6.10 Å². The standard InChI is InChI=1S/C9H13ClN2O2/c1-5-2-6(10)4-12-8(5)9(14)7(13)3-11/h2,4,7,9,13-14H,3,11H2,1H3. The van der Waals surface area contributed by atoms with Crippen molar-refractivity contribution < 1.29 is 10.2 Å². The van der Waals surface area contributed by atoms with E-state index >= 15 is 0 Å². The predicted octanol–water partition coefficient (Wildman–Crippen LogP) is 0.396. The van der Waals surface area contributed by atoms with Crippen LogP contribution in [-0.4, -0.2) is 27.8 Å². The van der Waals surface area contributed by atoms with Gasteiger partial charge in [-0.1, -0.05) is 11.6 Å². The lowest BCUT2D eigenvalue weighted by atomic mass is 10.1. The molecule has 0 spiro atoms. The zero-order valence-electron chi connectivity index (χ0n) is 7.81. The molecule has 0 fully saturated rings. The molecule has 0 aromatic carbocycles. The second kappa shape index (κ2) is 4.70. The van der Waals surface area contributed by atoms with Gasteiger partial charge in [-0.3, -0.25) is 4.98 Å². The summed E-state index contributed by atoms with van der Waals surface area (Å²) in [6.07, 6.45) is -0.629. The van der Waals surface area contributed by atoms with Crippen LogP contribution < -0.4 is 5.73 Å². The summed E-state index contributed by atoms with van der Waals surface area (Å²) in [4.78, 5) is 3.95. The minimum absolute atomic E-state index is 0.00901. The fourth-order valence-corrected chi connectivity index (χ4v) is 1.38. The molecule has 1 aromatic heterocycles. The van der Waals surface area contributed by atoms with Crippen LogP contribution in [0.1, 0.15) is 17.4 Å². The third kappa shape index (κ3) is 2.42. The van der Waals surface area contributed by atoms with Crippen molar-refractivity contribution in [1.82, 2.24) is 4.98 Å². The lowest BCUT2D eigenvalue weighted by Crippen LogP contribution is -2.28. The molecule has 1 rings (SSSR count). The Morgan fingerprint density at radius 2 is 2.21 bits per heavy atom. The molecule has 1 heterocycles. The topological polar surface area (TPSA) is 79.4 Å². The molecule has 0 bridgehead atoms. The number of pyridine rings is 1. The third-order valence-electron chi connectivity index (χ3n) is 1.97. The van der Waals surface area contributed by atoms with E-state index in [4.69, 9.17) is 17.3 Å². The van der Waals surface area contributed by atoms with E-state index in [1.807, 2.05) is 0 Å². The molecule has 0 radical (unpaired) electrons. The number of aromatic nitrogens is 1. The van der Waals surface area contributed by atoms with E-state index in [0.29, 0.717) is 10.7 Å². The van der Waals surface area contributed by atoms with Crippen molar-refractivity contribution in [1.29, 1.82) is 0 Å². The first-order chi connectivity index (χ1) is 6.56. The molecule has 1 aromatic rings. The highest BCUT2D eigenvalue weighted by Crippen LogP contribution is 2.20. The van der Waals surface area contributed by atoms with E-state index in [9.17, 15) is 10.2 Å². The third-order valence-corrected chi connectivity index (χ3v) is 2.18. The first kappa shape index (κ1) is 11.4. The van der Waals surface area contributed by atoms with Crippen LogP contribution in [0.4, 0.5) is 0 Å². The molecular formula is C9H13ClN2O2. The van der Waals surface area contributed by atoms with Crippen LogP contribution in [0.15, 0.2) is 12.3 Å². The van der Waals surface area contributed by atoms with E-state index < -0.39 is 12.2 Å². The highest BCUT2D eigenvalue weighted by molar-refractivity contribution is 6.30. The number of aliphatic hydroxyl groups is 2. The van der Waals surface area contributed by atoms with Gasteiger partial charge in [0.25, 0.3) is 0 Å². The Labute approximate surface area is 87.3 Å². The first-order valence-corrected chi connectivity index (χ1v) is 4.62. The van der Waals surface area contributed by atoms with Gasteiger partial charge in [0, 0.05) is 12.7 Å². The lowest BCUT2D eigenvalue weighted by molar-refractivity contribution is 0.0213. The summed E-state index contributed by atoms with van der Waals surface area (Å²) in [5, 5.41) is 19.5. The Balaban J connectivity index is 2.95. The van der Waals surface area contributed by atoms with Gasteiger partial charge in [-0.2, -0.15) is 0 Å². The first-order valence-electron chi connectivity index (χ1n) is 4.24. The molecule has 0 aliphatic rings. The van der Waals surface area contributed by atoms with Gasteiger partial charge in [0.2, 0.25) is 0 Å². The number of rotatable bonds is 3. The summed E-state index contributed by atoms with van der Waals surface area (Å²) < 4.78 is 0. The van der Waals surface area contributed by atoms with Gasteiger partial charge in [-0.05, 0) is 18.6 Å². The van der Waals surface area contributed by atoms with E-state index in [2.05, 4.69) is 4.98 Å². The number of nitrogens with two attached hydrogens (primary N) is 1. The zero-order chi connectivity index (χ0) is 10.7. The molecule has 2 unspecified atom stereocenters. The minimum atomic E-state index is -1.06. The second-order valence-electron chi connectivity index (χ2n) is 3.10. The average Bonchev–Trinajstić information content (AvgIpc) is 2.15. The van der Waals surface area contributed by atoms with Crippen molar-refractivity contribution in [3.63, 3.8) is 0 Å². The Morgan fingerprint density at radius 3 is 2.71 bits per heavy atom. The normalized spacial score (nSPS) is 15.2. The molecule has 0 saturated carbocycles. The Bertz CT molecular complexity index is 320. The van der Waals surface area contributed by atoms with Gasteiger partial charge in [-0.25, -0.2) is 0 Å². The van der Waals surface area contributed by atoms with Gasteiger partial charge in [0.15, 0.2) is 0 Å². The minimum Gasteiger partial charge on any atom is -0.389 e. The van der Waals surface area contributed by atoms with E-state index in [1.165, 1.54) is 6.20 Å². The van der Waals surface area contributed by atoms with Crippen molar-refractivity contribution in [3.05, 3.63) is 28.5 Å². The van der Waals surface area contributed by atoms with Crippen LogP contribution >= 0.6 is 11.6 Å². The number of hydrogen-bond acceptors (Lipinski definition) is 4. The molecule has 14 heavy (non-hydrogen) atoms. The maximum Gasteiger partial charge on any atom is 0.123 e. The van der Waals surface area contributed by atoms with Gasteiger partial charge < -0.3 is 15.9 Å². The molecule has 0 amide bonds. The van der Waals surface area contributed by atoms with Crippen LogP contribution in [0.5, 0.6) is 0 Å². The molecule has 78 valence electrons. The zero-order valence-corrected chi connectivity index (χ0v) is 8.57. The molecule has 5 heteroatoms. The Morgan fingerprint density at radius 1 is 1.57 bits per heavy atom. The van der Waals surface area contributed by atoms with Crippen molar-refractivity contribution in [2.45, 2.75) is 19.1 Å². The number of aliphatic hydroxyl groups excluding tert-OH is 2. The molecule has 0 aliphatic heterocycles. The summed E-state index contributed by atoms with van der Waals surface area (Å²) in [7, 11) is 0. The number of hydrogen-bond donors (Lipinski definition) is 3.